The lowest BCUT2D eigenvalue weighted by Gasteiger charge is -2.07. The summed E-state index contributed by atoms with van der Waals surface area (Å²) in [5, 5.41) is 22.6. The molecule has 6 aromatic rings. The Kier molecular flexibility index (Phi) is 4.66. The first-order valence-electron chi connectivity index (χ1n) is 10.5. The Morgan fingerprint density at radius 2 is 1.85 bits per heavy atom. The number of anilines is 3. The fourth-order valence-electron chi connectivity index (χ4n) is 3.68. The first-order valence-corrected chi connectivity index (χ1v) is 10.5. The Hall–Kier alpha value is -5.12. The van der Waals surface area contributed by atoms with Crippen molar-refractivity contribution in [3.63, 3.8) is 0 Å². The largest absolute Gasteiger partial charge is 0.350 e. The molecule has 2 aromatic carbocycles. The zero-order valence-electron chi connectivity index (χ0n) is 17.6. The highest BCUT2D eigenvalue weighted by molar-refractivity contribution is 6.05. The van der Waals surface area contributed by atoms with Crippen molar-refractivity contribution in [1.29, 1.82) is 0 Å². The quantitative estimate of drug-likeness (QED) is 0.309. The van der Waals surface area contributed by atoms with Crippen LogP contribution in [0.4, 0.5) is 17.3 Å². The van der Waals surface area contributed by atoms with Crippen LogP contribution < -0.4 is 10.6 Å². The summed E-state index contributed by atoms with van der Waals surface area (Å²) < 4.78 is 0. The van der Waals surface area contributed by atoms with Gasteiger partial charge in [-0.1, -0.05) is 12.1 Å². The molecule has 0 aliphatic heterocycles. The first-order chi connectivity index (χ1) is 16.7. The van der Waals surface area contributed by atoms with Gasteiger partial charge in [0, 0.05) is 39.9 Å². The van der Waals surface area contributed by atoms with Crippen LogP contribution in [-0.2, 0) is 0 Å². The number of benzene rings is 2. The molecule has 4 N–H and O–H groups in total. The second kappa shape index (κ2) is 8.10. The van der Waals surface area contributed by atoms with Gasteiger partial charge in [-0.05, 0) is 48.5 Å². The van der Waals surface area contributed by atoms with Crippen molar-refractivity contribution in [2.45, 2.75) is 0 Å². The fraction of sp³-hybridized carbons (Fsp3) is 0. The number of H-pyrrole nitrogens is 2. The van der Waals surface area contributed by atoms with E-state index >= 15 is 0 Å². The Balaban J connectivity index is 1.25. The molecule has 0 radical (unpaired) electrons. The molecule has 164 valence electrons. The summed E-state index contributed by atoms with van der Waals surface area (Å²) in [5.74, 6) is 1.33. The van der Waals surface area contributed by atoms with Gasteiger partial charge in [0.2, 0.25) is 0 Å². The lowest BCUT2D eigenvalue weighted by atomic mass is 10.1. The van der Waals surface area contributed by atoms with E-state index < -0.39 is 0 Å². The van der Waals surface area contributed by atoms with Gasteiger partial charge in [-0.3, -0.25) is 9.89 Å². The molecular weight excluding hydrogens is 430 g/mol. The van der Waals surface area contributed by atoms with Gasteiger partial charge >= 0.3 is 0 Å². The van der Waals surface area contributed by atoms with Crippen LogP contribution in [-0.4, -0.2) is 41.3 Å². The molecule has 0 unspecified atom stereocenters. The second-order valence-electron chi connectivity index (χ2n) is 7.61. The van der Waals surface area contributed by atoms with E-state index in [0.29, 0.717) is 23.2 Å². The molecule has 1 amide bonds. The Bertz CT molecular complexity index is 1640. The molecule has 0 aliphatic rings. The van der Waals surface area contributed by atoms with E-state index in [4.69, 9.17) is 0 Å². The third-order valence-electron chi connectivity index (χ3n) is 5.31. The average molecular weight is 447 g/mol. The van der Waals surface area contributed by atoms with Crippen molar-refractivity contribution in [3.8, 4) is 11.4 Å². The van der Waals surface area contributed by atoms with Gasteiger partial charge in [-0.15, -0.1) is 5.10 Å². The number of hydrogen-bond acceptors (Lipinski definition) is 7. The van der Waals surface area contributed by atoms with E-state index in [-0.39, 0.29) is 5.91 Å². The highest BCUT2D eigenvalue weighted by Crippen LogP contribution is 2.25. The average Bonchev–Trinajstić information content (AvgIpc) is 3.51. The van der Waals surface area contributed by atoms with Gasteiger partial charge in [0.25, 0.3) is 5.91 Å². The molecule has 4 aromatic heterocycles. The zero-order chi connectivity index (χ0) is 22.9. The van der Waals surface area contributed by atoms with Crippen LogP contribution in [0, 0.1) is 0 Å². The van der Waals surface area contributed by atoms with Crippen LogP contribution in [0.2, 0.25) is 0 Å². The van der Waals surface area contributed by atoms with Gasteiger partial charge in [0.1, 0.15) is 11.5 Å². The second-order valence-corrected chi connectivity index (χ2v) is 7.61. The maximum Gasteiger partial charge on any atom is 0.273 e. The van der Waals surface area contributed by atoms with Crippen LogP contribution in [0.15, 0.2) is 79.3 Å². The first kappa shape index (κ1) is 19.6. The van der Waals surface area contributed by atoms with Crippen LogP contribution in [0.3, 0.4) is 0 Å². The Labute approximate surface area is 192 Å². The number of nitrogens with zero attached hydrogens (tertiary/aromatic N) is 5. The number of aromatic nitrogens is 7. The van der Waals surface area contributed by atoms with Gasteiger partial charge in [-0.2, -0.15) is 10.2 Å². The van der Waals surface area contributed by atoms with E-state index in [1.165, 1.54) is 0 Å². The standard InChI is InChI=1S/C24H17N9O/c34-24(31-22-2-1-8-26-33-22)20-11-14-3-4-15(12-19(14)29-20)23-25-9-7-21(30-23)28-17-5-6-18-16(10-17)13-27-32-18/h1-13,29H,(H,27,32)(H,25,28,30)(H,31,33,34). The van der Waals surface area contributed by atoms with Crippen LogP contribution in [0.1, 0.15) is 10.5 Å². The smallest absolute Gasteiger partial charge is 0.273 e. The van der Waals surface area contributed by atoms with Crippen molar-refractivity contribution in [2.24, 2.45) is 0 Å². The maximum atomic E-state index is 12.6. The Morgan fingerprint density at radius 1 is 0.882 bits per heavy atom. The molecule has 4 heterocycles. The lowest BCUT2D eigenvalue weighted by molar-refractivity contribution is 0.102. The summed E-state index contributed by atoms with van der Waals surface area (Å²) in [6, 6.07) is 18.7. The zero-order valence-corrected chi connectivity index (χ0v) is 17.6. The fourth-order valence-corrected chi connectivity index (χ4v) is 3.68. The molecule has 34 heavy (non-hydrogen) atoms. The van der Waals surface area contributed by atoms with E-state index in [1.54, 1.807) is 36.8 Å². The molecule has 0 bridgehead atoms. The molecule has 0 aliphatic carbocycles. The molecule has 10 heteroatoms. The third-order valence-corrected chi connectivity index (χ3v) is 5.31. The summed E-state index contributed by atoms with van der Waals surface area (Å²) in [5.41, 5.74) is 3.91. The number of carbonyl (C=O) groups is 1. The lowest BCUT2D eigenvalue weighted by Crippen LogP contribution is -2.13. The number of carbonyl (C=O) groups excluding carboxylic acids is 1. The SMILES string of the molecule is O=C(Nc1cccnn1)c1cc2ccc(-c3nccc(Nc4ccc5[nH]ncc5c4)n3)cc2[nH]1. The minimum Gasteiger partial charge on any atom is -0.350 e. The van der Waals surface area contributed by atoms with Crippen molar-refractivity contribution in [2.75, 3.05) is 10.6 Å². The molecule has 0 spiro atoms. The van der Waals surface area contributed by atoms with Gasteiger partial charge < -0.3 is 15.6 Å². The number of nitrogens with one attached hydrogen (secondary N) is 4. The highest BCUT2D eigenvalue weighted by atomic mass is 16.1. The van der Waals surface area contributed by atoms with Gasteiger partial charge in [0.05, 0.1) is 11.7 Å². The van der Waals surface area contributed by atoms with E-state index in [0.717, 1.165) is 33.1 Å². The number of fused-ring (bicyclic) bond motifs is 2. The molecule has 0 fully saturated rings. The molecular formula is C24H17N9O. The summed E-state index contributed by atoms with van der Waals surface area (Å²) >= 11 is 0. The number of aromatic amines is 2. The number of amides is 1. The van der Waals surface area contributed by atoms with E-state index in [9.17, 15) is 4.79 Å². The summed E-state index contributed by atoms with van der Waals surface area (Å²) in [7, 11) is 0. The van der Waals surface area contributed by atoms with Crippen LogP contribution in [0.5, 0.6) is 0 Å². The minimum absolute atomic E-state index is 0.296. The molecule has 0 atom stereocenters. The van der Waals surface area contributed by atoms with Crippen LogP contribution >= 0.6 is 0 Å². The topological polar surface area (TPSA) is 137 Å². The van der Waals surface area contributed by atoms with Crippen molar-refractivity contribution in [3.05, 3.63) is 84.9 Å². The van der Waals surface area contributed by atoms with Gasteiger partial charge in [0.15, 0.2) is 11.6 Å². The highest BCUT2D eigenvalue weighted by Gasteiger charge is 2.12. The normalized spacial score (nSPS) is 11.1. The molecule has 10 nitrogen and oxygen atoms in total. The summed E-state index contributed by atoms with van der Waals surface area (Å²) in [6.07, 6.45) is 5.03. The van der Waals surface area contributed by atoms with Crippen LogP contribution in [0.25, 0.3) is 33.2 Å². The molecule has 0 saturated heterocycles. The Morgan fingerprint density at radius 3 is 2.76 bits per heavy atom. The summed E-state index contributed by atoms with van der Waals surface area (Å²) in [6.45, 7) is 0. The van der Waals surface area contributed by atoms with Crippen molar-refractivity contribution >= 4 is 45.0 Å². The minimum atomic E-state index is -0.296. The van der Waals surface area contributed by atoms with E-state index in [2.05, 4.69) is 46.0 Å². The third kappa shape index (κ3) is 3.79. The number of hydrogen-bond donors (Lipinski definition) is 4. The summed E-state index contributed by atoms with van der Waals surface area (Å²) in [4.78, 5) is 24.8. The maximum absolute atomic E-state index is 12.6. The number of rotatable bonds is 5. The van der Waals surface area contributed by atoms with Crippen molar-refractivity contribution < 1.29 is 4.79 Å². The van der Waals surface area contributed by atoms with Crippen molar-refractivity contribution in [1.82, 2.24) is 35.3 Å². The molecule has 0 saturated carbocycles. The predicted molar refractivity (Wildman–Crippen MR) is 129 cm³/mol. The van der Waals surface area contributed by atoms with Gasteiger partial charge in [-0.25, -0.2) is 9.97 Å². The predicted octanol–water partition coefficient (Wildman–Crippen LogP) is 4.29. The monoisotopic (exact) mass is 447 g/mol. The van der Waals surface area contributed by atoms with E-state index in [1.807, 2.05) is 42.5 Å². The molecule has 6 rings (SSSR count).